The highest BCUT2D eigenvalue weighted by atomic mass is 35.5. The molecule has 0 aliphatic carbocycles. The van der Waals surface area contributed by atoms with E-state index in [0.717, 1.165) is 29.2 Å². The molecule has 0 N–H and O–H groups in total. The molecule has 128 valence electrons. The van der Waals surface area contributed by atoms with E-state index in [1.54, 1.807) is 0 Å². The van der Waals surface area contributed by atoms with Gasteiger partial charge < -0.3 is 0 Å². The Hall–Kier alpha value is -2.55. The van der Waals surface area contributed by atoms with Gasteiger partial charge in [-0.1, -0.05) is 53.5 Å². The lowest BCUT2D eigenvalue weighted by Crippen LogP contribution is -1.95. The van der Waals surface area contributed by atoms with E-state index < -0.39 is 0 Å². The molecule has 4 aromatic rings. The molecule has 3 aromatic carbocycles. The molecule has 0 bridgehead atoms. The van der Waals surface area contributed by atoms with Crippen molar-refractivity contribution in [2.45, 2.75) is 6.42 Å². The Labute approximate surface area is 162 Å². The molecule has 1 aromatic heterocycles. The van der Waals surface area contributed by atoms with E-state index in [4.69, 9.17) is 28.2 Å². The number of benzene rings is 3. The van der Waals surface area contributed by atoms with Crippen molar-refractivity contribution < 1.29 is 0 Å². The summed E-state index contributed by atoms with van der Waals surface area (Å²) < 4.78 is 2.10. The lowest BCUT2D eigenvalue weighted by Gasteiger charge is -2.08. The van der Waals surface area contributed by atoms with E-state index in [2.05, 4.69) is 22.9 Å². The van der Waals surface area contributed by atoms with Crippen LogP contribution in [-0.2, 0) is 6.42 Å². The van der Waals surface area contributed by atoms with Crippen molar-refractivity contribution in [2.75, 3.05) is 0 Å². The lowest BCUT2D eigenvalue weighted by atomic mass is 10.1. The van der Waals surface area contributed by atoms with Crippen LogP contribution in [-0.4, -0.2) is 9.55 Å². The largest absolute Gasteiger partial charge is 0.300 e. The van der Waals surface area contributed by atoms with Gasteiger partial charge in [0.15, 0.2) is 0 Å². The molecule has 0 atom stereocenters. The summed E-state index contributed by atoms with van der Waals surface area (Å²) in [6.45, 7) is 0. The Morgan fingerprint density at radius 3 is 2.00 bits per heavy atom. The molecule has 0 saturated carbocycles. The van der Waals surface area contributed by atoms with E-state index in [9.17, 15) is 0 Å². The zero-order valence-electron chi connectivity index (χ0n) is 13.9. The topological polar surface area (TPSA) is 17.8 Å². The average Bonchev–Trinajstić information content (AvgIpc) is 3.07. The predicted octanol–water partition coefficient (Wildman–Crippen LogP) is 6.44. The van der Waals surface area contributed by atoms with Gasteiger partial charge in [0.05, 0.1) is 5.69 Å². The smallest absolute Gasteiger partial charge is 0.144 e. The molecule has 4 heteroatoms. The monoisotopic (exact) mass is 378 g/mol. The summed E-state index contributed by atoms with van der Waals surface area (Å²) in [5.41, 5.74) is 4.28. The van der Waals surface area contributed by atoms with E-state index in [0.29, 0.717) is 10.0 Å². The summed E-state index contributed by atoms with van der Waals surface area (Å²) in [5.74, 6) is 0.884. The number of imidazole rings is 1. The second-order valence-corrected chi connectivity index (χ2v) is 6.94. The van der Waals surface area contributed by atoms with Crippen molar-refractivity contribution in [2.24, 2.45) is 0 Å². The average molecular weight is 379 g/mol. The normalized spacial score (nSPS) is 10.8. The van der Waals surface area contributed by atoms with Crippen molar-refractivity contribution in [3.05, 3.63) is 106 Å². The van der Waals surface area contributed by atoms with Crippen LogP contribution in [0.15, 0.2) is 85.1 Å². The minimum atomic E-state index is 0.711. The highest BCUT2D eigenvalue weighted by Gasteiger charge is 2.12. The molecule has 2 nitrogen and oxygen atoms in total. The molecule has 0 amide bonds. The van der Waals surface area contributed by atoms with E-state index in [1.165, 1.54) is 5.56 Å². The SMILES string of the molecule is Clc1ccc(-c2nc(Cc3ccccc3)cn2-c2ccc(Cl)cc2)cc1. The number of hydrogen-bond acceptors (Lipinski definition) is 1. The van der Waals surface area contributed by atoms with Crippen LogP contribution >= 0.6 is 23.2 Å². The summed E-state index contributed by atoms with van der Waals surface area (Å²) in [5, 5.41) is 1.43. The lowest BCUT2D eigenvalue weighted by molar-refractivity contribution is 1.07. The first-order valence-electron chi connectivity index (χ1n) is 8.33. The van der Waals surface area contributed by atoms with Gasteiger partial charge in [0.2, 0.25) is 0 Å². The van der Waals surface area contributed by atoms with Crippen LogP contribution in [0.4, 0.5) is 0 Å². The van der Waals surface area contributed by atoms with Gasteiger partial charge in [-0.3, -0.25) is 4.57 Å². The first-order valence-corrected chi connectivity index (χ1v) is 9.09. The van der Waals surface area contributed by atoms with Gasteiger partial charge >= 0.3 is 0 Å². The van der Waals surface area contributed by atoms with E-state index >= 15 is 0 Å². The van der Waals surface area contributed by atoms with Crippen molar-refractivity contribution in [3.8, 4) is 17.1 Å². The fourth-order valence-corrected chi connectivity index (χ4v) is 3.17. The fraction of sp³-hybridized carbons (Fsp3) is 0.0455. The maximum absolute atomic E-state index is 6.05. The van der Waals surface area contributed by atoms with Crippen LogP contribution in [0.3, 0.4) is 0 Å². The van der Waals surface area contributed by atoms with Crippen molar-refractivity contribution in [3.63, 3.8) is 0 Å². The van der Waals surface area contributed by atoms with Gasteiger partial charge in [0.25, 0.3) is 0 Å². The maximum atomic E-state index is 6.05. The maximum Gasteiger partial charge on any atom is 0.144 e. The molecule has 0 aliphatic rings. The molecule has 0 fully saturated rings. The minimum Gasteiger partial charge on any atom is -0.300 e. The summed E-state index contributed by atoms with van der Waals surface area (Å²) in [7, 11) is 0. The van der Waals surface area contributed by atoms with Crippen molar-refractivity contribution in [1.29, 1.82) is 0 Å². The summed E-state index contributed by atoms with van der Waals surface area (Å²) >= 11 is 12.1. The van der Waals surface area contributed by atoms with Crippen molar-refractivity contribution in [1.82, 2.24) is 9.55 Å². The molecule has 4 rings (SSSR count). The molecule has 26 heavy (non-hydrogen) atoms. The predicted molar refractivity (Wildman–Crippen MR) is 108 cm³/mol. The summed E-state index contributed by atoms with van der Waals surface area (Å²) in [4.78, 5) is 4.89. The zero-order valence-corrected chi connectivity index (χ0v) is 15.5. The summed E-state index contributed by atoms with van der Waals surface area (Å²) in [6, 6.07) is 25.9. The van der Waals surface area contributed by atoms with Crippen LogP contribution < -0.4 is 0 Å². The molecule has 0 radical (unpaired) electrons. The highest BCUT2D eigenvalue weighted by Crippen LogP contribution is 2.26. The quantitative estimate of drug-likeness (QED) is 0.399. The molecule has 0 aliphatic heterocycles. The third kappa shape index (κ3) is 3.67. The van der Waals surface area contributed by atoms with Crippen LogP contribution in [0.2, 0.25) is 10.0 Å². The minimum absolute atomic E-state index is 0.711. The van der Waals surface area contributed by atoms with Crippen LogP contribution in [0.5, 0.6) is 0 Å². The third-order valence-corrected chi connectivity index (χ3v) is 4.70. The Morgan fingerprint density at radius 1 is 0.731 bits per heavy atom. The molecule has 0 saturated heterocycles. The van der Waals surface area contributed by atoms with Gasteiger partial charge in [-0.15, -0.1) is 0 Å². The highest BCUT2D eigenvalue weighted by molar-refractivity contribution is 6.30. The number of rotatable bonds is 4. The van der Waals surface area contributed by atoms with Crippen molar-refractivity contribution >= 4 is 23.2 Å². The van der Waals surface area contributed by atoms with Crippen LogP contribution in [0.1, 0.15) is 11.3 Å². The molecule has 0 unspecified atom stereocenters. The molecular formula is C22H16Cl2N2. The zero-order chi connectivity index (χ0) is 17.9. The van der Waals surface area contributed by atoms with E-state index in [1.807, 2.05) is 66.7 Å². The standard InChI is InChI=1S/C22H16Cl2N2/c23-18-8-6-17(7-9-18)22-25-20(14-16-4-2-1-3-5-16)15-26(22)21-12-10-19(24)11-13-21/h1-13,15H,14H2. The first-order chi connectivity index (χ1) is 12.7. The fourth-order valence-electron chi connectivity index (χ4n) is 2.92. The van der Waals surface area contributed by atoms with Gasteiger partial charge in [-0.05, 0) is 54.1 Å². The van der Waals surface area contributed by atoms with Gasteiger partial charge in [0, 0.05) is 33.9 Å². The van der Waals surface area contributed by atoms with E-state index in [-0.39, 0.29) is 0 Å². The summed E-state index contributed by atoms with van der Waals surface area (Å²) in [6.07, 6.45) is 2.86. The van der Waals surface area contributed by atoms with Crippen LogP contribution in [0, 0.1) is 0 Å². The Kier molecular flexibility index (Phi) is 4.79. The Bertz CT molecular complexity index is 941. The van der Waals surface area contributed by atoms with Gasteiger partial charge in [-0.25, -0.2) is 4.98 Å². The second kappa shape index (κ2) is 7.36. The second-order valence-electron chi connectivity index (χ2n) is 6.07. The number of hydrogen-bond donors (Lipinski definition) is 0. The third-order valence-electron chi connectivity index (χ3n) is 4.19. The van der Waals surface area contributed by atoms with Gasteiger partial charge in [-0.2, -0.15) is 0 Å². The number of halogens is 2. The molecular weight excluding hydrogens is 363 g/mol. The van der Waals surface area contributed by atoms with Gasteiger partial charge in [0.1, 0.15) is 5.82 Å². The Balaban J connectivity index is 1.79. The number of aromatic nitrogens is 2. The molecule has 0 spiro atoms. The Morgan fingerprint density at radius 2 is 1.35 bits per heavy atom. The first kappa shape index (κ1) is 16.9. The van der Waals surface area contributed by atoms with Crippen LogP contribution in [0.25, 0.3) is 17.1 Å². The number of nitrogens with zero attached hydrogens (tertiary/aromatic N) is 2. The molecule has 1 heterocycles.